The normalized spacial score (nSPS) is 19.0. The van der Waals surface area contributed by atoms with Crippen LogP contribution in [0.2, 0.25) is 0 Å². The van der Waals surface area contributed by atoms with Crippen molar-refractivity contribution in [3.63, 3.8) is 0 Å². The zero-order valence-corrected chi connectivity index (χ0v) is 17.2. The van der Waals surface area contributed by atoms with E-state index in [1.807, 2.05) is 6.92 Å². The summed E-state index contributed by atoms with van der Waals surface area (Å²) in [5, 5.41) is 0.684. The third-order valence-corrected chi connectivity index (χ3v) is 6.59. The molecule has 2 aromatic rings. The molecular weight excluding hydrogens is 393 g/mol. The van der Waals surface area contributed by atoms with Gasteiger partial charge in [0.05, 0.1) is 23.8 Å². The van der Waals surface area contributed by atoms with Crippen molar-refractivity contribution in [1.29, 1.82) is 0 Å². The molecule has 1 aliphatic carbocycles. The lowest BCUT2D eigenvalue weighted by molar-refractivity contribution is -0.181. The lowest BCUT2D eigenvalue weighted by Crippen LogP contribution is -2.38. The van der Waals surface area contributed by atoms with Gasteiger partial charge in [-0.3, -0.25) is 14.2 Å². The number of carbonyl (C=O) groups excluding carboxylic acids is 1. The zero-order valence-electron chi connectivity index (χ0n) is 16.4. The van der Waals surface area contributed by atoms with Crippen molar-refractivity contribution >= 4 is 17.5 Å². The van der Waals surface area contributed by atoms with Crippen LogP contribution in [0.4, 0.5) is 4.39 Å². The molecule has 1 aromatic carbocycles. The second kappa shape index (κ2) is 8.42. The molecule has 29 heavy (non-hydrogen) atoms. The molecule has 1 saturated heterocycles. The van der Waals surface area contributed by atoms with Crippen LogP contribution in [0.3, 0.4) is 0 Å². The number of hydrogen-bond donors (Lipinski definition) is 0. The number of hydrogen-bond acceptors (Lipinski definition) is 5. The van der Waals surface area contributed by atoms with Gasteiger partial charge in [-0.05, 0) is 48.9 Å². The molecule has 1 saturated carbocycles. The molecule has 2 heterocycles. The van der Waals surface area contributed by atoms with Crippen LogP contribution in [0.5, 0.6) is 0 Å². The summed E-state index contributed by atoms with van der Waals surface area (Å²) in [6, 6.07) is 8.56. The van der Waals surface area contributed by atoms with E-state index in [-0.39, 0.29) is 23.2 Å². The first-order valence-corrected chi connectivity index (χ1v) is 11.0. The van der Waals surface area contributed by atoms with E-state index in [2.05, 4.69) is 0 Å². The first-order valence-electron chi connectivity index (χ1n) is 9.99. The van der Waals surface area contributed by atoms with E-state index in [9.17, 15) is 14.0 Å². The van der Waals surface area contributed by atoms with E-state index in [0.717, 1.165) is 31.4 Å². The van der Waals surface area contributed by atoms with Crippen molar-refractivity contribution in [2.24, 2.45) is 0 Å². The minimum atomic E-state index is -0.500. The van der Waals surface area contributed by atoms with Gasteiger partial charge in [0.25, 0.3) is 5.56 Å². The van der Waals surface area contributed by atoms with E-state index < -0.39 is 5.79 Å². The van der Waals surface area contributed by atoms with Gasteiger partial charge in [0.2, 0.25) is 0 Å². The Balaban J connectivity index is 1.68. The third kappa shape index (κ3) is 4.04. The molecule has 0 unspecified atom stereocenters. The highest BCUT2D eigenvalue weighted by atomic mass is 32.2. The Kier molecular flexibility index (Phi) is 5.90. The van der Waals surface area contributed by atoms with E-state index in [0.29, 0.717) is 29.4 Å². The quantitative estimate of drug-likeness (QED) is 0.539. The fourth-order valence-electron chi connectivity index (χ4n) is 4.18. The molecule has 0 atom stereocenters. The summed E-state index contributed by atoms with van der Waals surface area (Å²) in [5.74, 6) is -0.359. The molecule has 7 heteroatoms. The topological polar surface area (TPSA) is 57.5 Å². The molecule has 0 N–H and O–H groups in total. The molecule has 2 aliphatic rings. The number of benzene rings is 1. The van der Waals surface area contributed by atoms with Crippen molar-refractivity contribution in [3.05, 3.63) is 63.7 Å². The lowest BCUT2D eigenvalue weighted by atomic mass is 9.89. The highest BCUT2D eigenvalue weighted by molar-refractivity contribution is 7.99. The van der Waals surface area contributed by atoms with E-state index >= 15 is 0 Å². The Morgan fingerprint density at radius 1 is 1.14 bits per heavy atom. The Labute approximate surface area is 173 Å². The van der Waals surface area contributed by atoms with Crippen LogP contribution in [0.1, 0.15) is 54.6 Å². The summed E-state index contributed by atoms with van der Waals surface area (Å²) < 4.78 is 26.6. The van der Waals surface area contributed by atoms with Gasteiger partial charge in [-0.25, -0.2) is 4.39 Å². The van der Waals surface area contributed by atoms with Gasteiger partial charge in [-0.15, -0.1) is 11.8 Å². The number of ketones is 1. The number of pyridine rings is 1. The SMILES string of the molecule is CCSc1c(C(=O)c2ccc(F)cc2)ccc(=O)n1C1CCC2(CC1)OCCO2. The molecule has 4 rings (SSSR count). The maximum Gasteiger partial charge on any atom is 0.251 e. The maximum absolute atomic E-state index is 13.3. The van der Waals surface area contributed by atoms with Gasteiger partial charge in [0.1, 0.15) is 5.82 Å². The summed E-state index contributed by atoms with van der Waals surface area (Å²) >= 11 is 1.49. The van der Waals surface area contributed by atoms with Crippen LogP contribution < -0.4 is 5.56 Å². The standard InChI is InChI=1S/C22H24FNO4S/c1-2-29-21-18(20(26)15-3-5-16(23)6-4-15)7-8-19(25)24(21)17-9-11-22(12-10-17)27-13-14-28-22/h3-8,17H,2,9-14H2,1H3. The average molecular weight is 418 g/mol. The monoisotopic (exact) mass is 417 g/mol. The van der Waals surface area contributed by atoms with Crippen molar-refractivity contribution < 1.29 is 18.7 Å². The Morgan fingerprint density at radius 2 is 1.79 bits per heavy atom. The molecule has 154 valence electrons. The van der Waals surface area contributed by atoms with Crippen LogP contribution >= 0.6 is 11.8 Å². The van der Waals surface area contributed by atoms with Crippen LogP contribution in [0.15, 0.2) is 46.2 Å². The zero-order chi connectivity index (χ0) is 20.4. The molecule has 1 aromatic heterocycles. The number of aromatic nitrogens is 1. The predicted octanol–water partition coefficient (Wildman–Crippen LogP) is 4.19. The maximum atomic E-state index is 13.3. The molecular formula is C22H24FNO4S. The summed E-state index contributed by atoms with van der Waals surface area (Å²) in [6.07, 6.45) is 2.98. The van der Waals surface area contributed by atoms with E-state index in [4.69, 9.17) is 9.47 Å². The van der Waals surface area contributed by atoms with Crippen LogP contribution in [-0.2, 0) is 9.47 Å². The average Bonchev–Trinajstić information content (AvgIpc) is 3.18. The minimum absolute atomic E-state index is 0.00376. The summed E-state index contributed by atoms with van der Waals surface area (Å²) in [5.41, 5.74) is 0.785. The van der Waals surface area contributed by atoms with Crippen molar-refractivity contribution in [2.45, 2.75) is 49.5 Å². The summed E-state index contributed by atoms with van der Waals surface area (Å²) in [6.45, 7) is 3.22. The van der Waals surface area contributed by atoms with Crippen LogP contribution in [-0.4, -0.2) is 35.1 Å². The van der Waals surface area contributed by atoms with Gasteiger partial charge in [-0.1, -0.05) is 6.92 Å². The number of ether oxygens (including phenoxy) is 2. The van der Waals surface area contributed by atoms with Gasteiger partial charge in [0.15, 0.2) is 11.6 Å². The smallest absolute Gasteiger partial charge is 0.251 e. The molecule has 1 spiro atoms. The second-order valence-electron chi connectivity index (χ2n) is 7.37. The Bertz CT molecular complexity index is 940. The number of halogens is 1. The molecule has 5 nitrogen and oxygen atoms in total. The fourth-order valence-corrected chi connectivity index (χ4v) is 5.15. The lowest BCUT2D eigenvalue weighted by Gasteiger charge is -2.36. The van der Waals surface area contributed by atoms with Gasteiger partial charge in [0, 0.05) is 30.5 Å². The summed E-state index contributed by atoms with van der Waals surface area (Å²) in [7, 11) is 0. The van der Waals surface area contributed by atoms with E-state index in [1.54, 1.807) is 10.6 Å². The number of carbonyl (C=O) groups is 1. The highest BCUT2D eigenvalue weighted by Crippen LogP contribution is 2.41. The van der Waals surface area contributed by atoms with Crippen LogP contribution in [0, 0.1) is 5.82 Å². The molecule has 0 amide bonds. The van der Waals surface area contributed by atoms with Gasteiger partial charge in [-0.2, -0.15) is 0 Å². The third-order valence-electron chi connectivity index (χ3n) is 5.61. The number of nitrogens with zero attached hydrogens (tertiary/aromatic N) is 1. The highest BCUT2D eigenvalue weighted by Gasteiger charge is 2.41. The van der Waals surface area contributed by atoms with Crippen molar-refractivity contribution in [2.75, 3.05) is 19.0 Å². The van der Waals surface area contributed by atoms with Gasteiger partial charge < -0.3 is 9.47 Å². The van der Waals surface area contributed by atoms with Crippen molar-refractivity contribution in [1.82, 2.24) is 4.57 Å². The molecule has 2 fully saturated rings. The van der Waals surface area contributed by atoms with Gasteiger partial charge >= 0.3 is 0 Å². The fraction of sp³-hybridized carbons (Fsp3) is 0.455. The van der Waals surface area contributed by atoms with Crippen molar-refractivity contribution in [3.8, 4) is 0 Å². The molecule has 1 aliphatic heterocycles. The number of rotatable bonds is 5. The Morgan fingerprint density at radius 3 is 2.41 bits per heavy atom. The first kappa shape index (κ1) is 20.3. The largest absolute Gasteiger partial charge is 0.348 e. The summed E-state index contributed by atoms with van der Waals surface area (Å²) in [4.78, 5) is 25.9. The van der Waals surface area contributed by atoms with Crippen LogP contribution in [0.25, 0.3) is 0 Å². The van der Waals surface area contributed by atoms with E-state index in [1.165, 1.54) is 42.1 Å². The minimum Gasteiger partial charge on any atom is -0.348 e. The first-order chi connectivity index (χ1) is 14.0. The predicted molar refractivity (Wildman–Crippen MR) is 109 cm³/mol. The number of thioether (sulfide) groups is 1. The Hall–Kier alpha value is -1.96. The second-order valence-corrected chi connectivity index (χ2v) is 8.62. The molecule has 0 bridgehead atoms. The molecule has 0 radical (unpaired) electrons.